The number of likely N-dealkylation sites (N-methyl/N-ethyl adjacent to an activating group) is 1. The first-order valence-corrected chi connectivity index (χ1v) is 9.12. The summed E-state index contributed by atoms with van der Waals surface area (Å²) in [4.78, 5) is 15.2. The second-order valence-corrected chi connectivity index (χ2v) is 7.00. The van der Waals surface area contributed by atoms with Crippen LogP contribution >= 0.6 is 12.4 Å². The Hall–Kier alpha value is -1.88. The van der Waals surface area contributed by atoms with E-state index in [0.717, 1.165) is 13.1 Å². The van der Waals surface area contributed by atoms with Gasteiger partial charge in [-0.15, -0.1) is 12.4 Å². The molecule has 0 atom stereocenters. The molecule has 0 aromatic heterocycles. The Bertz CT molecular complexity index is 661. The lowest BCUT2D eigenvalue weighted by atomic mass is 9.86. The second-order valence-electron chi connectivity index (χ2n) is 7.00. The number of esters is 1. The van der Waals surface area contributed by atoms with Crippen LogP contribution in [0.4, 0.5) is 0 Å². The predicted octanol–water partition coefficient (Wildman–Crippen LogP) is 4.01. The third kappa shape index (κ3) is 5.10. The van der Waals surface area contributed by atoms with Gasteiger partial charge in [0.2, 0.25) is 5.60 Å². The number of ether oxygens (including phenoxy) is 1. The van der Waals surface area contributed by atoms with Crippen LogP contribution in [0, 0.1) is 0 Å². The molecule has 4 nitrogen and oxygen atoms in total. The Morgan fingerprint density at radius 2 is 1.33 bits per heavy atom. The fourth-order valence-electron chi connectivity index (χ4n) is 3.28. The van der Waals surface area contributed by atoms with Gasteiger partial charge in [0.25, 0.3) is 0 Å². The minimum Gasteiger partial charge on any atom is -0.461 e. The van der Waals surface area contributed by atoms with E-state index < -0.39 is 11.6 Å². The summed E-state index contributed by atoms with van der Waals surface area (Å²) in [5, 5.41) is 11.4. The van der Waals surface area contributed by atoms with E-state index in [-0.39, 0.29) is 24.6 Å². The lowest BCUT2D eigenvalue weighted by Gasteiger charge is -2.37. The molecule has 0 aliphatic heterocycles. The molecule has 0 saturated carbocycles. The van der Waals surface area contributed by atoms with Crippen LogP contribution in [-0.2, 0) is 15.1 Å². The summed E-state index contributed by atoms with van der Waals surface area (Å²) >= 11 is 0. The first-order chi connectivity index (χ1) is 12.4. The molecule has 5 heteroatoms. The van der Waals surface area contributed by atoms with Crippen molar-refractivity contribution in [1.29, 1.82) is 0 Å². The van der Waals surface area contributed by atoms with Crippen molar-refractivity contribution in [2.45, 2.75) is 38.8 Å². The molecule has 0 bridgehead atoms. The van der Waals surface area contributed by atoms with Gasteiger partial charge in [0.05, 0.1) is 0 Å². The Morgan fingerprint density at radius 1 is 0.926 bits per heavy atom. The van der Waals surface area contributed by atoms with Crippen LogP contribution in [0.5, 0.6) is 0 Å². The average molecular weight is 392 g/mol. The van der Waals surface area contributed by atoms with E-state index >= 15 is 0 Å². The topological polar surface area (TPSA) is 49.8 Å². The standard InChI is InChI=1S/C22H29NO3.ClH/c1-5-23(6-2)21(3,4)17-26-20(24)22(25,18-13-9-7-10-14-18)19-15-11-8-12-16-19;/h7-16,25H,5-6,17H2,1-4H3;1H. The summed E-state index contributed by atoms with van der Waals surface area (Å²) in [6.07, 6.45) is 0. The fraction of sp³-hybridized carbons (Fsp3) is 0.409. The number of halogens is 1. The number of carbonyl (C=O) groups is 1. The van der Waals surface area contributed by atoms with Gasteiger partial charge in [0.1, 0.15) is 6.61 Å². The second kappa shape index (κ2) is 9.88. The summed E-state index contributed by atoms with van der Waals surface area (Å²) in [5.41, 5.74) is -1.15. The molecule has 0 aliphatic rings. The van der Waals surface area contributed by atoms with E-state index in [1.807, 2.05) is 26.0 Å². The van der Waals surface area contributed by atoms with Gasteiger partial charge in [0, 0.05) is 5.54 Å². The molecule has 0 radical (unpaired) electrons. The fourth-order valence-corrected chi connectivity index (χ4v) is 3.28. The molecule has 2 aromatic rings. The van der Waals surface area contributed by atoms with E-state index in [9.17, 15) is 9.90 Å². The third-order valence-electron chi connectivity index (χ3n) is 4.85. The molecular weight excluding hydrogens is 362 g/mol. The minimum absolute atomic E-state index is 0. The van der Waals surface area contributed by atoms with Crippen molar-refractivity contribution < 1.29 is 14.6 Å². The molecule has 1 N–H and O–H groups in total. The van der Waals surface area contributed by atoms with Gasteiger partial charge in [-0.3, -0.25) is 4.90 Å². The molecule has 0 amide bonds. The molecule has 0 fully saturated rings. The van der Waals surface area contributed by atoms with Crippen molar-refractivity contribution >= 4 is 18.4 Å². The van der Waals surface area contributed by atoms with Crippen LogP contribution in [0.2, 0.25) is 0 Å². The zero-order valence-electron chi connectivity index (χ0n) is 16.5. The van der Waals surface area contributed by atoms with E-state index in [0.29, 0.717) is 11.1 Å². The number of nitrogens with zero attached hydrogens (tertiary/aromatic N) is 1. The zero-order chi connectivity index (χ0) is 19.2. The molecule has 148 valence electrons. The highest BCUT2D eigenvalue weighted by Crippen LogP contribution is 2.31. The van der Waals surface area contributed by atoms with Crippen LogP contribution in [0.1, 0.15) is 38.8 Å². The summed E-state index contributed by atoms with van der Waals surface area (Å²) in [5.74, 6) is -0.657. The number of hydrogen-bond acceptors (Lipinski definition) is 4. The predicted molar refractivity (Wildman–Crippen MR) is 111 cm³/mol. The maximum absolute atomic E-state index is 13.0. The smallest absolute Gasteiger partial charge is 0.347 e. The monoisotopic (exact) mass is 391 g/mol. The van der Waals surface area contributed by atoms with Gasteiger partial charge < -0.3 is 9.84 Å². The summed E-state index contributed by atoms with van der Waals surface area (Å²) in [7, 11) is 0. The first-order valence-electron chi connectivity index (χ1n) is 9.12. The van der Waals surface area contributed by atoms with Gasteiger partial charge in [-0.1, -0.05) is 74.5 Å². The van der Waals surface area contributed by atoms with Crippen molar-refractivity contribution in [2.24, 2.45) is 0 Å². The van der Waals surface area contributed by atoms with Crippen molar-refractivity contribution in [3.63, 3.8) is 0 Å². The molecule has 2 aromatic carbocycles. The molecule has 27 heavy (non-hydrogen) atoms. The van der Waals surface area contributed by atoms with Gasteiger partial charge in [-0.2, -0.15) is 0 Å². The van der Waals surface area contributed by atoms with E-state index in [1.54, 1.807) is 48.5 Å². The SMILES string of the molecule is CCN(CC)C(C)(C)COC(=O)C(O)(c1ccccc1)c1ccccc1.Cl. The normalized spacial score (nSPS) is 11.8. The first kappa shape index (κ1) is 23.2. The van der Waals surface area contributed by atoms with Crippen LogP contribution in [0.3, 0.4) is 0 Å². The molecule has 0 saturated heterocycles. The molecular formula is C22H30ClNO3. The maximum Gasteiger partial charge on any atom is 0.347 e. The van der Waals surface area contributed by atoms with Gasteiger partial charge in [0.15, 0.2) is 0 Å². The highest BCUT2D eigenvalue weighted by molar-refractivity contribution is 5.85. The van der Waals surface area contributed by atoms with Gasteiger partial charge >= 0.3 is 5.97 Å². The highest BCUT2D eigenvalue weighted by atomic mass is 35.5. The van der Waals surface area contributed by atoms with Crippen molar-refractivity contribution in [3.8, 4) is 0 Å². The van der Waals surface area contributed by atoms with Crippen LogP contribution in [0.25, 0.3) is 0 Å². The van der Waals surface area contributed by atoms with Crippen LogP contribution in [-0.4, -0.2) is 41.2 Å². The van der Waals surface area contributed by atoms with Crippen molar-refractivity contribution in [1.82, 2.24) is 4.90 Å². The van der Waals surface area contributed by atoms with Crippen LogP contribution in [0.15, 0.2) is 60.7 Å². The molecule has 0 spiro atoms. The van der Waals surface area contributed by atoms with E-state index in [1.165, 1.54) is 0 Å². The Morgan fingerprint density at radius 3 is 1.70 bits per heavy atom. The number of rotatable bonds is 8. The van der Waals surface area contributed by atoms with E-state index in [4.69, 9.17) is 4.74 Å². The molecule has 0 unspecified atom stereocenters. The lowest BCUT2D eigenvalue weighted by molar-refractivity contribution is -0.166. The van der Waals surface area contributed by atoms with Crippen molar-refractivity contribution in [2.75, 3.05) is 19.7 Å². The van der Waals surface area contributed by atoms with Crippen LogP contribution < -0.4 is 0 Å². The van der Waals surface area contributed by atoms with Gasteiger partial charge in [-0.25, -0.2) is 4.79 Å². The number of carbonyl (C=O) groups excluding carboxylic acids is 1. The average Bonchev–Trinajstić information content (AvgIpc) is 2.67. The highest BCUT2D eigenvalue weighted by Gasteiger charge is 2.42. The third-order valence-corrected chi connectivity index (χ3v) is 4.85. The number of benzene rings is 2. The molecule has 2 rings (SSSR count). The largest absolute Gasteiger partial charge is 0.461 e. The quantitative estimate of drug-likeness (QED) is 0.691. The summed E-state index contributed by atoms with van der Waals surface area (Å²) in [6.45, 7) is 10.2. The molecule has 0 aliphatic carbocycles. The van der Waals surface area contributed by atoms with E-state index in [2.05, 4.69) is 18.7 Å². The maximum atomic E-state index is 13.0. The zero-order valence-corrected chi connectivity index (χ0v) is 17.3. The Balaban J connectivity index is 0.00000364. The summed E-state index contributed by atoms with van der Waals surface area (Å²) < 4.78 is 5.63. The minimum atomic E-state index is -1.83. The van der Waals surface area contributed by atoms with Gasteiger partial charge in [-0.05, 0) is 38.1 Å². The Labute approximate surface area is 168 Å². The van der Waals surface area contributed by atoms with Crippen molar-refractivity contribution in [3.05, 3.63) is 71.8 Å². The summed E-state index contributed by atoms with van der Waals surface area (Å²) in [6, 6.07) is 17.9. The number of aliphatic hydroxyl groups is 1. The number of hydrogen-bond donors (Lipinski definition) is 1. The molecule has 0 heterocycles. The Kier molecular flexibility index (Phi) is 8.48. The lowest BCUT2D eigenvalue weighted by Crippen LogP contribution is -2.49.